The van der Waals surface area contributed by atoms with Gasteiger partial charge in [-0.25, -0.2) is 0 Å². The van der Waals surface area contributed by atoms with Crippen molar-refractivity contribution in [2.24, 2.45) is 0 Å². The van der Waals surface area contributed by atoms with Crippen LogP contribution in [0.1, 0.15) is 24.0 Å². The summed E-state index contributed by atoms with van der Waals surface area (Å²) in [6.07, 6.45) is 2.28. The van der Waals surface area contributed by atoms with Gasteiger partial charge in [-0.15, -0.1) is 0 Å². The number of aromatic nitrogens is 1. The predicted molar refractivity (Wildman–Crippen MR) is 138 cm³/mol. The molecule has 5 rings (SSSR count). The van der Waals surface area contributed by atoms with Crippen molar-refractivity contribution in [2.75, 3.05) is 13.1 Å². The van der Waals surface area contributed by atoms with Gasteiger partial charge in [-0.3, -0.25) is 0 Å². The first-order valence-electron chi connectivity index (χ1n) is 12.2. The van der Waals surface area contributed by atoms with Gasteiger partial charge in [0, 0.05) is 11.6 Å². The summed E-state index contributed by atoms with van der Waals surface area (Å²) in [5.41, 5.74) is 4.08. The van der Waals surface area contributed by atoms with Gasteiger partial charge in [-0.2, -0.15) is 4.98 Å². The molecule has 35 heavy (non-hydrogen) atoms. The molecule has 0 spiro atoms. The maximum absolute atomic E-state index is 6.27. The largest absolute Gasteiger partial charge is 0.490 e. The lowest BCUT2D eigenvalue weighted by atomic mass is 10.1. The highest BCUT2D eigenvalue weighted by molar-refractivity contribution is 5.70. The normalized spacial score (nSPS) is 13.8. The van der Waals surface area contributed by atoms with Gasteiger partial charge in [-0.05, 0) is 60.8 Å². The Hall–Kier alpha value is -3.83. The van der Waals surface area contributed by atoms with Crippen molar-refractivity contribution in [3.63, 3.8) is 0 Å². The summed E-state index contributed by atoms with van der Waals surface area (Å²) in [5, 5.41) is 3.38. The number of nitrogens with zero attached hydrogens (tertiary/aromatic N) is 1. The molecule has 4 aromatic rings. The Kier molecular flexibility index (Phi) is 7.56. The van der Waals surface area contributed by atoms with E-state index in [1.807, 2.05) is 84.9 Å². The quantitative estimate of drug-likeness (QED) is 0.326. The number of hydrogen-bond donors (Lipinski definition) is 1. The molecule has 1 fully saturated rings. The van der Waals surface area contributed by atoms with Crippen molar-refractivity contribution >= 4 is 0 Å². The van der Waals surface area contributed by atoms with Crippen LogP contribution in [0.5, 0.6) is 17.5 Å². The molecule has 1 saturated heterocycles. The summed E-state index contributed by atoms with van der Waals surface area (Å²) in [5.74, 6) is 1.94. The highest BCUT2D eigenvalue weighted by Crippen LogP contribution is 2.33. The van der Waals surface area contributed by atoms with Gasteiger partial charge in [-0.1, -0.05) is 72.8 Å². The third-order valence-electron chi connectivity index (χ3n) is 6.02. The van der Waals surface area contributed by atoms with Gasteiger partial charge in [0.05, 0.1) is 0 Å². The molecule has 1 N–H and O–H groups in total. The SMILES string of the molecule is c1ccc(COc2ccc(-c3cccc(OC4CCNCC4)c3)c(OCc3ccccc3)n2)cc1. The zero-order chi connectivity index (χ0) is 23.7. The summed E-state index contributed by atoms with van der Waals surface area (Å²) in [4.78, 5) is 4.73. The third kappa shape index (κ3) is 6.40. The van der Waals surface area contributed by atoms with Gasteiger partial charge in [0.2, 0.25) is 11.8 Å². The van der Waals surface area contributed by atoms with Gasteiger partial charge in [0.25, 0.3) is 0 Å². The van der Waals surface area contributed by atoms with E-state index in [9.17, 15) is 0 Å². The molecule has 0 unspecified atom stereocenters. The number of benzene rings is 3. The second kappa shape index (κ2) is 11.5. The van der Waals surface area contributed by atoms with Crippen molar-refractivity contribution in [2.45, 2.75) is 32.2 Å². The van der Waals surface area contributed by atoms with E-state index in [2.05, 4.69) is 17.4 Å². The number of ether oxygens (including phenoxy) is 3. The number of nitrogens with one attached hydrogen (secondary N) is 1. The minimum absolute atomic E-state index is 0.243. The lowest BCUT2D eigenvalue weighted by Crippen LogP contribution is -2.34. The Bertz CT molecular complexity index is 1210. The molecular weight excluding hydrogens is 436 g/mol. The monoisotopic (exact) mass is 466 g/mol. The number of hydrogen-bond acceptors (Lipinski definition) is 5. The second-order valence-electron chi connectivity index (χ2n) is 8.65. The molecule has 0 amide bonds. The van der Waals surface area contributed by atoms with E-state index < -0.39 is 0 Å². The summed E-state index contributed by atoms with van der Waals surface area (Å²) in [6.45, 7) is 2.87. The number of pyridine rings is 1. The Labute approximate surface area is 206 Å². The van der Waals surface area contributed by atoms with E-state index in [1.165, 1.54) is 0 Å². The number of piperidine rings is 1. The van der Waals surface area contributed by atoms with Crippen LogP contribution in [0.25, 0.3) is 11.1 Å². The first-order chi connectivity index (χ1) is 17.3. The van der Waals surface area contributed by atoms with Crippen LogP contribution in [0.4, 0.5) is 0 Å². The van der Waals surface area contributed by atoms with Crippen LogP contribution >= 0.6 is 0 Å². The van der Waals surface area contributed by atoms with E-state index in [0.29, 0.717) is 25.0 Å². The summed E-state index contributed by atoms with van der Waals surface area (Å²) < 4.78 is 18.5. The van der Waals surface area contributed by atoms with Crippen molar-refractivity contribution < 1.29 is 14.2 Å². The topological polar surface area (TPSA) is 52.6 Å². The average molecular weight is 467 g/mol. The zero-order valence-corrected chi connectivity index (χ0v) is 19.7. The minimum atomic E-state index is 0.243. The second-order valence-corrected chi connectivity index (χ2v) is 8.65. The molecule has 1 aliphatic rings. The molecule has 1 aromatic heterocycles. The van der Waals surface area contributed by atoms with E-state index in [4.69, 9.17) is 19.2 Å². The van der Waals surface area contributed by atoms with Gasteiger partial charge >= 0.3 is 0 Å². The molecule has 1 aliphatic heterocycles. The van der Waals surface area contributed by atoms with Crippen molar-refractivity contribution in [3.8, 4) is 28.6 Å². The molecule has 5 nitrogen and oxygen atoms in total. The Balaban J connectivity index is 1.38. The summed E-state index contributed by atoms with van der Waals surface area (Å²) >= 11 is 0. The zero-order valence-electron chi connectivity index (χ0n) is 19.7. The van der Waals surface area contributed by atoms with Gasteiger partial charge < -0.3 is 19.5 Å². The van der Waals surface area contributed by atoms with E-state index in [1.54, 1.807) is 0 Å². The smallest absolute Gasteiger partial charge is 0.225 e. The van der Waals surface area contributed by atoms with Crippen LogP contribution in [0.3, 0.4) is 0 Å². The van der Waals surface area contributed by atoms with Crippen LogP contribution in [-0.4, -0.2) is 24.2 Å². The van der Waals surface area contributed by atoms with Crippen LogP contribution in [0.2, 0.25) is 0 Å². The molecule has 0 radical (unpaired) electrons. The first kappa shape index (κ1) is 22.9. The molecule has 2 heterocycles. The fourth-order valence-electron chi connectivity index (χ4n) is 4.13. The highest BCUT2D eigenvalue weighted by Gasteiger charge is 2.16. The van der Waals surface area contributed by atoms with Crippen LogP contribution in [-0.2, 0) is 13.2 Å². The van der Waals surface area contributed by atoms with E-state index >= 15 is 0 Å². The van der Waals surface area contributed by atoms with Crippen LogP contribution in [0, 0.1) is 0 Å². The lowest BCUT2D eigenvalue weighted by Gasteiger charge is -2.24. The molecule has 0 atom stereocenters. The maximum Gasteiger partial charge on any atom is 0.225 e. The fourth-order valence-corrected chi connectivity index (χ4v) is 4.13. The average Bonchev–Trinajstić information content (AvgIpc) is 2.93. The summed E-state index contributed by atoms with van der Waals surface area (Å²) in [6, 6.07) is 32.3. The Morgan fingerprint density at radius 1 is 0.714 bits per heavy atom. The summed E-state index contributed by atoms with van der Waals surface area (Å²) in [7, 11) is 0. The van der Waals surface area contributed by atoms with Crippen molar-refractivity contribution in [1.29, 1.82) is 0 Å². The van der Waals surface area contributed by atoms with Crippen molar-refractivity contribution in [3.05, 3.63) is 108 Å². The van der Waals surface area contributed by atoms with Crippen LogP contribution < -0.4 is 19.5 Å². The molecule has 0 bridgehead atoms. The lowest BCUT2D eigenvalue weighted by molar-refractivity contribution is 0.162. The van der Waals surface area contributed by atoms with Gasteiger partial charge in [0.15, 0.2) is 0 Å². The molecule has 178 valence electrons. The predicted octanol–water partition coefficient (Wildman–Crippen LogP) is 6.04. The molecule has 0 saturated carbocycles. The minimum Gasteiger partial charge on any atom is -0.490 e. The van der Waals surface area contributed by atoms with E-state index in [-0.39, 0.29) is 6.10 Å². The highest BCUT2D eigenvalue weighted by atomic mass is 16.5. The third-order valence-corrected chi connectivity index (χ3v) is 6.02. The van der Waals surface area contributed by atoms with Crippen molar-refractivity contribution in [1.82, 2.24) is 10.3 Å². The van der Waals surface area contributed by atoms with Crippen LogP contribution in [0.15, 0.2) is 97.1 Å². The fraction of sp³-hybridized carbons (Fsp3) is 0.233. The van der Waals surface area contributed by atoms with E-state index in [0.717, 1.165) is 53.9 Å². The Morgan fingerprint density at radius 3 is 2.11 bits per heavy atom. The maximum atomic E-state index is 6.27. The first-order valence-corrected chi connectivity index (χ1v) is 12.2. The van der Waals surface area contributed by atoms with Gasteiger partial charge in [0.1, 0.15) is 25.1 Å². The molecular formula is C30H30N2O3. The molecule has 3 aromatic carbocycles. The number of rotatable bonds is 9. The standard InChI is InChI=1S/C30H30N2O3/c1-3-8-23(9-4-1)21-33-29-15-14-28(30(32-29)34-22-24-10-5-2-6-11-24)25-12-7-13-27(20-25)35-26-16-18-31-19-17-26/h1-15,20,26,31H,16-19,21-22H2. The Morgan fingerprint density at radius 2 is 1.40 bits per heavy atom. The molecule has 5 heteroatoms. The molecule has 0 aliphatic carbocycles.